The van der Waals surface area contributed by atoms with Crippen LogP contribution in [0.2, 0.25) is 0 Å². The van der Waals surface area contributed by atoms with E-state index in [2.05, 4.69) is 20.9 Å². The van der Waals surface area contributed by atoms with Crippen LogP contribution in [0.15, 0.2) is 47.5 Å². The summed E-state index contributed by atoms with van der Waals surface area (Å²) in [5, 5.41) is 17.8. The molecule has 28 heavy (non-hydrogen) atoms. The topological polar surface area (TPSA) is 85.8 Å². The van der Waals surface area contributed by atoms with Crippen LogP contribution in [0.3, 0.4) is 0 Å². The zero-order chi connectivity index (χ0) is 19.6. The molecule has 0 bridgehead atoms. The Morgan fingerprint density at radius 3 is 2.50 bits per heavy atom. The van der Waals surface area contributed by atoms with Crippen LogP contribution < -0.4 is 16.0 Å². The van der Waals surface area contributed by atoms with E-state index in [4.69, 9.17) is 0 Å². The summed E-state index contributed by atoms with van der Waals surface area (Å²) in [6.45, 7) is 2.66. The van der Waals surface area contributed by atoms with E-state index in [0.717, 1.165) is 18.2 Å². The number of carbonyl (C=O) groups excluding carboxylic acids is 1. The Balaban J connectivity index is 0.00000392. The number of hydrogen-bond donors (Lipinski definition) is 4. The van der Waals surface area contributed by atoms with Crippen molar-refractivity contribution in [3.05, 3.63) is 59.7 Å². The van der Waals surface area contributed by atoms with Crippen molar-refractivity contribution in [3.8, 4) is 5.75 Å². The van der Waals surface area contributed by atoms with Crippen LogP contribution >= 0.6 is 24.0 Å². The number of aliphatic imine (C=N–C) groups is 1. The smallest absolute Gasteiger partial charge is 0.246 e. The number of anilines is 1. The maximum atomic E-state index is 13.6. The van der Waals surface area contributed by atoms with Gasteiger partial charge in [0.25, 0.3) is 0 Å². The van der Waals surface area contributed by atoms with Crippen LogP contribution in [0.1, 0.15) is 12.5 Å². The molecule has 2 aromatic rings. The minimum absolute atomic E-state index is 0. The number of guanidine groups is 1. The number of aromatic hydroxyl groups is 1. The summed E-state index contributed by atoms with van der Waals surface area (Å²) in [6.07, 6.45) is 0.272. The highest BCUT2D eigenvalue weighted by Crippen LogP contribution is 2.13. The molecule has 0 aliphatic rings. The fourth-order valence-corrected chi connectivity index (χ4v) is 2.29. The number of carbonyl (C=O) groups is 1. The second kappa shape index (κ2) is 12.1. The normalized spacial score (nSPS) is 10.8. The summed E-state index contributed by atoms with van der Waals surface area (Å²) in [4.78, 5) is 16.1. The van der Waals surface area contributed by atoms with Gasteiger partial charge >= 0.3 is 0 Å². The third kappa shape index (κ3) is 8.07. The van der Waals surface area contributed by atoms with Crippen LogP contribution in [-0.4, -0.2) is 36.6 Å². The fourth-order valence-electron chi connectivity index (χ4n) is 2.29. The first-order valence-corrected chi connectivity index (χ1v) is 8.53. The first kappa shape index (κ1) is 23.6. The van der Waals surface area contributed by atoms with E-state index in [9.17, 15) is 18.7 Å². The monoisotopic (exact) mass is 504 g/mol. The number of amides is 1. The average Bonchev–Trinajstić information content (AvgIpc) is 2.64. The lowest BCUT2D eigenvalue weighted by Crippen LogP contribution is -2.39. The molecule has 0 fully saturated rings. The third-order valence-electron chi connectivity index (χ3n) is 3.57. The number of benzene rings is 2. The first-order valence-electron chi connectivity index (χ1n) is 8.53. The Labute approximate surface area is 179 Å². The molecule has 6 nitrogen and oxygen atoms in total. The lowest BCUT2D eigenvalue weighted by atomic mass is 10.1. The number of hydrogen-bond acceptors (Lipinski definition) is 3. The number of phenolic OH excluding ortho intramolecular Hbond substituents is 1. The summed E-state index contributed by atoms with van der Waals surface area (Å²) in [6, 6.07) is 9.42. The fraction of sp³-hybridized carbons (Fsp3) is 0.263. The quantitative estimate of drug-likeness (QED) is 0.202. The van der Waals surface area contributed by atoms with E-state index in [1.807, 2.05) is 6.92 Å². The van der Waals surface area contributed by atoms with Gasteiger partial charge in [0.2, 0.25) is 5.91 Å². The van der Waals surface area contributed by atoms with E-state index >= 15 is 0 Å². The van der Waals surface area contributed by atoms with E-state index in [0.29, 0.717) is 24.7 Å². The van der Waals surface area contributed by atoms with Gasteiger partial charge in [-0.1, -0.05) is 0 Å². The van der Waals surface area contributed by atoms with Crippen molar-refractivity contribution in [1.82, 2.24) is 10.6 Å². The number of rotatable bonds is 7. The van der Waals surface area contributed by atoms with Gasteiger partial charge in [0.05, 0.1) is 0 Å². The minimum atomic E-state index is -0.488. The first-order chi connectivity index (χ1) is 13.0. The van der Waals surface area contributed by atoms with E-state index in [1.165, 1.54) is 12.1 Å². The van der Waals surface area contributed by atoms with Crippen LogP contribution in [-0.2, 0) is 11.2 Å². The van der Waals surface area contributed by atoms with E-state index in [1.54, 1.807) is 12.1 Å². The zero-order valence-electron chi connectivity index (χ0n) is 15.3. The molecule has 0 heterocycles. The maximum Gasteiger partial charge on any atom is 0.246 e. The average molecular weight is 504 g/mol. The molecule has 0 aliphatic heterocycles. The van der Waals surface area contributed by atoms with Crippen molar-refractivity contribution < 1.29 is 18.7 Å². The maximum absolute atomic E-state index is 13.6. The molecule has 0 saturated carbocycles. The molecule has 0 saturated heterocycles. The van der Waals surface area contributed by atoms with Crippen molar-refractivity contribution in [2.24, 2.45) is 4.99 Å². The number of nitrogens with one attached hydrogen (secondary N) is 3. The van der Waals surface area contributed by atoms with Crippen LogP contribution in [0.4, 0.5) is 14.5 Å². The minimum Gasteiger partial charge on any atom is -0.508 e. The molecule has 2 rings (SSSR count). The Bertz CT molecular complexity index is 801. The lowest BCUT2D eigenvalue weighted by molar-refractivity contribution is -0.114. The van der Waals surface area contributed by atoms with Gasteiger partial charge in [0.15, 0.2) is 5.96 Å². The lowest BCUT2D eigenvalue weighted by Gasteiger charge is -2.12. The predicted octanol–water partition coefficient (Wildman–Crippen LogP) is 3.02. The highest BCUT2D eigenvalue weighted by atomic mass is 127. The van der Waals surface area contributed by atoms with Gasteiger partial charge in [-0.05, 0) is 61.4 Å². The standard InChI is InChI=1S/C19H22F2N4O2.HI/c1-2-22-19(23-10-9-13-11-14(20)3-8-17(13)21)24-12-18(27)25-15-4-6-16(26)7-5-15;/h3-8,11,26H,2,9-10,12H2,1H3,(H,25,27)(H2,22,23,24);1H. The van der Waals surface area contributed by atoms with Crippen molar-refractivity contribution >= 4 is 41.5 Å². The molecule has 2 aromatic carbocycles. The van der Waals surface area contributed by atoms with Gasteiger partial charge in [-0.15, -0.1) is 24.0 Å². The Morgan fingerprint density at radius 1 is 1.11 bits per heavy atom. The Kier molecular flexibility index (Phi) is 10.2. The molecule has 1 amide bonds. The molecule has 152 valence electrons. The molecular weight excluding hydrogens is 481 g/mol. The largest absolute Gasteiger partial charge is 0.508 e. The van der Waals surface area contributed by atoms with Crippen molar-refractivity contribution in [2.45, 2.75) is 13.3 Å². The highest BCUT2D eigenvalue weighted by molar-refractivity contribution is 14.0. The van der Waals surface area contributed by atoms with Crippen LogP contribution in [0.25, 0.3) is 0 Å². The molecule has 0 aromatic heterocycles. The molecule has 0 spiro atoms. The van der Waals surface area contributed by atoms with Crippen molar-refractivity contribution in [2.75, 3.05) is 25.0 Å². The Morgan fingerprint density at radius 2 is 1.82 bits per heavy atom. The SMILES string of the molecule is CCNC(=NCC(=O)Nc1ccc(O)cc1)NCCc1cc(F)ccc1F.I. The molecule has 0 atom stereocenters. The molecule has 0 unspecified atom stereocenters. The summed E-state index contributed by atoms with van der Waals surface area (Å²) in [5.41, 5.74) is 0.816. The van der Waals surface area contributed by atoms with Gasteiger partial charge in [-0.25, -0.2) is 13.8 Å². The molecule has 9 heteroatoms. The Hall–Kier alpha value is -2.43. The zero-order valence-corrected chi connectivity index (χ0v) is 17.7. The van der Waals surface area contributed by atoms with Gasteiger partial charge in [-0.3, -0.25) is 4.79 Å². The third-order valence-corrected chi connectivity index (χ3v) is 3.57. The summed E-state index contributed by atoms with van der Waals surface area (Å²) >= 11 is 0. The molecular formula is C19H23F2IN4O2. The van der Waals surface area contributed by atoms with Gasteiger partial charge in [-0.2, -0.15) is 0 Å². The number of nitrogens with zero attached hydrogens (tertiary/aromatic N) is 1. The molecule has 0 aliphatic carbocycles. The van der Waals surface area contributed by atoms with E-state index < -0.39 is 11.6 Å². The number of phenols is 1. The van der Waals surface area contributed by atoms with Gasteiger partial charge in [0.1, 0.15) is 23.9 Å². The second-order valence-electron chi connectivity index (χ2n) is 5.70. The van der Waals surface area contributed by atoms with Gasteiger partial charge < -0.3 is 21.1 Å². The van der Waals surface area contributed by atoms with E-state index in [-0.39, 0.29) is 54.2 Å². The summed E-state index contributed by atoms with van der Waals surface area (Å²) in [5.74, 6) is -0.769. The van der Waals surface area contributed by atoms with Crippen molar-refractivity contribution in [3.63, 3.8) is 0 Å². The van der Waals surface area contributed by atoms with Crippen molar-refractivity contribution in [1.29, 1.82) is 0 Å². The molecule has 0 radical (unpaired) electrons. The van der Waals surface area contributed by atoms with Gasteiger partial charge in [0, 0.05) is 18.8 Å². The highest BCUT2D eigenvalue weighted by Gasteiger charge is 2.06. The second-order valence-corrected chi connectivity index (χ2v) is 5.70. The summed E-state index contributed by atoms with van der Waals surface area (Å²) in [7, 11) is 0. The van der Waals surface area contributed by atoms with Crippen LogP contribution in [0, 0.1) is 11.6 Å². The predicted molar refractivity (Wildman–Crippen MR) is 116 cm³/mol. The summed E-state index contributed by atoms with van der Waals surface area (Å²) < 4.78 is 26.8. The van der Waals surface area contributed by atoms with Crippen LogP contribution in [0.5, 0.6) is 5.75 Å². The number of halogens is 3. The molecule has 4 N–H and O–H groups in total.